The van der Waals surface area contributed by atoms with E-state index >= 15 is 0 Å². The lowest BCUT2D eigenvalue weighted by Gasteiger charge is -2.07. The molecule has 0 unspecified atom stereocenters. The van der Waals surface area contributed by atoms with Crippen molar-refractivity contribution in [2.24, 2.45) is 16.5 Å². The minimum absolute atomic E-state index is 0.0368. The van der Waals surface area contributed by atoms with E-state index in [0.717, 1.165) is 22.3 Å². The lowest BCUT2D eigenvalue weighted by Crippen LogP contribution is -2.25. The molecule has 0 aliphatic rings. The first kappa shape index (κ1) is 27.2. The van der Waals surface area contributed by atoms with Crippen LogP contribution in [0.4, 0.5) is 0 Å². The van der Waals surface area contributed by atoms with Gasteiger partial charge < -0.3 is 22.1 Å². The SMILES string of the molecule is C=C(N)c1ccc(CNC(=O)/C(C=NCc2ccc(CC(=O)NC)cc2)=C/N)cc1.CCC. The lowest BCUT2D eigenvalue weighted by molar-refractivity contribution is -0.120. The number of hydrogen-bond donors (Lipinski definition) is 4. The van der Waals surface area contributed by atoms with Crippen LogP contribution < -0.4 is 22.1 Å². The van der Waals surface area contributed by atoms with E-state index < -0.39 is 0 Å². The van der Waals surface area contributed by atoms with E-state index in [1.54, 1.807) is 7.05 Å². The normalized spacial score (nSPS) is 10.8. The Morgan fingerprint density at radius 2 is 1.55 bits per heavy atom. The Hall–Kier alpha value is -3.87. The summed E-state index contributed by atoms with van der Waals surface area (Å²) in [4.78, 5) is 28.0. The molecule has 7 heteroatoms. The first-order chi connectivity index (χ1) is 15.8. The van der Waals surface area contributed by atoms with Crippen LogP contribution >= 0.6 is 0 Å². The number of amides is 2. The van der Waals surface area contributed by atoms with Crippen molar-refractivity contribution in [3.63, 3.8) is 0 Å². The molecule has 0 saturated carbocycles. The third-order valence-corrected chi connectivity index (χ3v) is 4.39. The summed E-state index contributed by atoms with van der Waals surface area (Å²) < 4.78 is 0. The van der Waals surface area contributed by atoms with Gasteiger partial charge >= 0.3 is 0 Å². The fourth-order valence-electron chi connectivity index (χ4n) is 2.58. The smallest absolute Gasteiger partial charge is 0.254 e. The van der Waals surface area contributed by atoms with Crippen LogP contribution in [0.25, 0.3) is 5.70 Å². The van der Waals surface area contributed by atoms with E-state index in [0.29, 0.717) is 25.2 Å². The van der Waals surface area contributed by atoms with Gasteiger partial charge in [-0.05, 0) is 22.3 Å². The fourth-order valence-corrected chi connectivity index (χ4v) is 2.58. The maximum atomic E-state index is 12.3. The van der Waals surface area contributed by atoms with Gasteiger partial charge in [0.05, 0.1) is 18.5 Å². The molecule has 0 aliphatic heterocycles. The number of rotatable bonds is 9. The quantitative estimate of drug-likeness (QED) is 0.347. The molecule has 2 aromatic carbocycles. The Morgan fingerprint density at radius 1 is 1.00 bits per heavy atom. The van der Waals surface area contributed by atoms with Crippen LogP contribution in [0, 0.1) is 0 Å². The number of benzene rings is 2. The molecule has 176 valence electrons. The molecule has 0 aromatic heterocycles. The minimum atomic E-state index is -0.311. The second kappa shape index (κ2) is 15.0. The average molecular weight is 450 g/mol. The van der Waals surface area contributed by atoms with Gasteiger partial charge in [-0.2, -0.15) is 0 Å². The summed E-state index contributed by atoms with van der Waals surface area (Å²) in [5, 5.41) is 5.40. The number of carbonyl (C=O) groups excluding carboxylic acids is 2. The van der Waals surface area contributed by atoms with Gasteiger partial charge in [0.25, 0.3) is 5.91 Å². The number of carbonyl (C=O) groups is 2. The summed E-state index contributed by atoms with van der Waals surface area (Å²) in [6.07, 6.45) is 4.27. The molecule has 7 nitrogen and oxygen atoms in total. The van der Waals surface area contributed by atoms with Gasteiger partial charge in [0.2, 0.25) is 5.91 Å². The van der Waals surface area contributed by atoms with E-state index in [-0.39, 0.29) is 17.4 Å². The Balaban J connectivity index is 0.00000172. The molecule has 2 aromatic rings. The number of nitrogens with two attached hydrogens (primary N) is 2. The summed E-state index contributed by atoms with van der Waals surface area (Å²) >= 11 is 0. The molecule has 0 bridgehead atoms. The van der Waals surface area contributed by atoms with Crippen molar-refractivity contribution in [1.29, 1.82) is 0 Å². The first-order valence-corrected chi connectivity index (χ1v) is 10.9. The summed E-state index contributed by atoms with van der Waals surface area (Å²) in [7, 11) is 1.61. The van der Waals surface area contributed by atoms with E-state index in [4.69, 9.17) is 11.5 Å². The van der Waals surface area contributed by atoms with Crippen molar-refractivity contribution in [2.45, 2.75) is 39.8 Å². The number of likely N-dealkylation sites (N-methyl/N-ethyl adjacent to an activating group) is 1. The Bertz CT molecular complexity index is 961. The largest absolute Gasteiger partial charge is 0.404 e. The molecule has 0 heterocycles. The third-order valence-electron chi connectivity index (χ3n) is 4.39. The summed E-state index contributed by atoms with van der Waals surface area (Å²) in [6.45, 7) is 8.69. The van der Waals surface area contributed by atoms with Crippen LogP contribution in [-0.2, 0) is 29.1 Å². The molecule has 0 spiro atoms. The summed E-state index contributed by atoms with van der Waals surface area (Å²) in [6, 6.07) is 15.0. The van der Waals surface area contributed by atoms with Crippen molar-refractivity contribution >= 4 is 23.7 Å². The van der Waals surface area contributed by atoms with Crippen LogP contribution in [0.15, 0.2) is 71.9 Å². The minimum Gasteiger partial charge on any atom is -0.404 e. The van der Waals surface area contributed by atoms with Crippen LogP contribution in [0.1, 0.15) is 42.5 Å². The second-order valence-electron chi connectivity index (χ2n) is 7.37. The molecular formula is C26H35N5O2. The molecular weight excluding hydrogens is 414 g/mol. The number of hydrogen-bond acceptors (Lipinski definition) is 5. The zero-order valence-corrected chi connectivity index (χ0v) is 19.7. The van der Waals surface area contributed by atoms with Gasteiger partial charge in [-0.3, -0.25) is 14.6 Å². The highest BCUT2D eigenvalue weighted by Crippen LogP contribution is 2.09. The average Bonchev–Trinajstić information content (AvgIpc) is 2.82. The van der Waals surface area contributed by atoms with Crippen molar-refractivity contribution in [3.8, 4) is 0 Å². The van der Waals surface area contributed by atoms with Crippen LogP contribution in [0.2, 0.25) is 0 Å². The Kier molecular flexibility index (Phi) is 12.4. The number of aliphatic imine (C=N–C) groups is 1. The van der Waals surface area contributed by atoms with Crippen molar-refractivity contribution < 1.29 is 9.59 Å². The van der Waals surface area contributed by atoms with Gasteiger partial charge in [-0.25, -0.2) is 0 Å². The highest BCUT2D eigenvalue weighted by atomic mass is 16.2. The van der Waals surface area contributed by atoms with E-state index in [1.807, 2.05) is 48.5 Å². The van der Waals surface area contributed by atoms with Gasteiger partial charge in [-0.1, -0.05) is 75.4 Å². The summed E-state index contributed by atoms with van der Waals surface area (Å²) in [5.74, 6) is -0.347. The highest BCUT2D eigenvalue weighted by molar-refractivity contribution is 6.11. The van der Waals surface area contributed by atoms with Gasteiger partial charge in [-0.15, -0.1) is 0 Å². The van der Waals surface area contributed by atoms with E-state index in [2.05, 4.69) is 36.1 Å². The maximum absolute atomic E-state index is 12.3. The van der Waals surface area contributed by atoms with E-state index in [1.165, 1.54) is 18.8 Å². The molecule has 0 fully saturated rings. The molecule has 6 N–H and O–H groups in total. The molecule has 0 atom stereocenters. The predicted molar refractivity (Wildman–Crippen MR) is 136 cm³/mol. The van der Waals surface area contributed by atoms with Crippen molar-refractivity contribution in [1.82, 2.24) is 10.6 Å². The Labute approximate surface area is 196 Å². The number of nitrogens with one attached hydrogen (secondary N) is 2. The molecule has 0 radical (unpaired) electrons. The van der Waals surface area contributed by atoms with Gasteiger partial charge in [0, 0.05) is 31.7 Å². The van der Waals surface area contributed by atoms with Crippen LogP contribution in [0.3, 0.4) is 0 Å². The molecule has 0 aliphatic carbocycles. The fraction of sp³-hybridized carbons (Fsp3) is 0.269. The monoisotopic (exact) mass is 449 g/mol. The molecule has 33 heavy (non-hydrogen) atoms. The van der Waals surface area contributed by atoms with E-state index in [9.17, 15) is 9.59 Å². The zero-order chi connectivity index (χ0) is 24.6. The van der Waals surface area contributed by atoms with Crippen LogP contribution in [0.5, 0.6) is 0 Å². The standard InChI is InChI=1S/C23H27N5O2.C3H8/c1-16(25)20-9-7-19(8-10-20)14-28-23(30)21(12-24)15-27-13-18-5-3-17(4-6-18)11-22(29)26-2;1-3-2/h3-10,12,15H,1,11,13-14,24-25H2,2H3,(H,26,29)(H,28,30);3H2,1-2H3/b21-12+,27-15?;. The van der Waals surface area contributed by atoms with Crippen LogP contribution in [-0.4, -0.2) is 25.1 Å². The van der Waals surface area contributed by atoms with Gasteiger partial charge in [0.1, 0.15) is 0 Å². The zero-order valence-electron chi connectivity index (χ0n) is 19.7. The molecule has 2 rings (SSSR count). The molecule has 0 saturated heterocycles. The summed E-state index contributed by atoms with van der Waals surface area (Å²) in [5.41, 5.74) is 15.7. The third kappa shape index (κ3) is 10.3. The maximum Gasteiger partial charge on any atom is 0.254 e. The topological polar surface area (TPSA) is 123 Å². The highest BCUT2D eigenvalue weighted by Gasteiger charge is 2.07. The van der Waals surface area contributed by atoms with Crippen molar-refractivity contribution in [3.05, 3.63) is 89.1 Å². The molecule has 2 amide bonds. The number of nitrogens with zero attached hydrogens (tertiary/aromatic N) is 1. The second-order valence-corrected chi connectivity index (χ2v) is 7.37. The Morgan fingerprint density at radius 3 is 2.06 bits per heavy atom. The van der Waals surface area contributed by atoms with Gasteiger partial charge in [0.15, 0.2) is 0 Å². The van der Waals surface area contributed by atoms with Crippen molar-refractivity contribution in [2.75, 3.05) is 7.05 Å². The lowest BCUT2D eigenvalue weighted by atomic mass is 10.1. The first-order valence-electron chi connectivity index (χ1n) is 10.9. The predicted octanol–water partition coefficient (Wildman–Crippen LogP) is 3.05.